The van der Waals surface area contributed by atoms with Crippen LogP contribution < -0.4 is 11.5 Å². The maximum absolute atomic E-state index is 14.8. The number of anilines is 1. The summed E-state index contributed by atoms with van der Waals surface area (Å²) in [7, 11) is 0. The molecular weight excluding hydrogens is 375 g/mol. The fraction of sp³-hybridized carbons (Fsp3) is 0.100. The molecule has 4 rings (SSSR count). The van der Waals surface area contributed by atoms with Crippen LogP contribution in [0.5, 0.6) is 0 Å². The monoisotopic (exact) mass is 392 g/mol. The van der Waals surface area contributed by atoms with Crippen LogP contribution in [0.4, 0.5) is 10.2 Å². The van der Waals surface area contributed by atoms with Crippen LogP contribution in [0.2, 0.25) is 0 Å². The SMILES string of the molecule is Nc1ccnc(Sc2ccccc2-c2ccc(C3=NCC(N)N=C3)c(F)c2)n1. The van der Waals surface area contributed by atoms with Crippen molar-refractivity contribution in [2.24, 2.45) is 15.7 Å². The molecule has 1 unspecified atom stereocenters. The van der Waals surface area contributed by atoms with Crippen molar-refractivity contribution < 1.29 is 4.39 Å². The molecule has 0 radical (unpaired) electrons. The Morgan fingerprint density at radius 1 is 1.07 bits per heavy atom. The van der Waals surface area contributed by atoms with Crippen LogP contribution in [-0.2, 0) is 0 Å². The minimum Gasteiger partial charge on any atom is -0.384 e. The topological polar surface area (TPSA) is 103 Å². The zero-order valence-electron chi connectivity index (χ0n) is 14.8. The molecule has 0 fully saturated rings. The van der Waals surface area contributed by atoms with Crippen molar-refractivity contribution in [3.05, 3.63) is 66.1 Å². The zero-order chi connectivity index (χ0) is 19.5. The molecule has 2 heterocycles. The lowest BCUT2D eigenvalue weighted by Crippen LogP contribution is -2.27. The van der Waals surface area contributed by atoms with Crippen LogP contribution in [-0.4, -0.2) is 34.6 Å². The fourth-order valence-electron chi connectivity index (χ4n) is 2.79. The largest absolute Gasteiger partial charge is 0.384 e. The van der Waals surface area contributed by atoms with Gasteiger partial charge in [0.1, 0.15) is 17.8 Å². The first-order valence-corrected chi connectivity index (χ1v) is 9.41. The van der Waals surface area contributed by atoms with Crippen molar-refractivity contribution >= 4 is 29.5 Å². The van der Waals surface area contributed by atoms with Crippen molar-refractivity contribution in [3.8, 4) is 11.1 Å². The molecule has 2 aromatic carbocycles. The number of nitrogens with zero attached hydrogens (tertiary/aromatic N) is 4. The van der Waals surface area contributed by atoms with Crippen LogP contribution in [0.3, 0.4) is 0 Å². The minimum absolute atomic E-state index is 0.354. The molecule has 0 amide bonds. The van der Waals surface area contributed by atoms with Gasteiger partial charge in [0.15, 0.2) is 5.16 Å². The Morgan fingerprint density at radius 3 is 2.68 bits per heavy atom. The van der Waals surface area contributed by atoms with Gasteiger partial charge in [0.25, 0.3) is 0 Å². The molecule has 4 N–H and O–H groups in total. The number of rotatable bonds is 4. The van der Waals surface area contributed by atoms with Gasteiger partial charge >= 0.3 is 0 Å². The zero-order valence-corrected chi connectivity index (χ0v) is 15.6. The van der Waals surface area contributed by atoms with Crippen LogP contribution in [0.15, 0.2) is 74.8 Å². The van der Waals surface area contributed by atoms with Gasteiger partial charge in [-0.1, -0.05) is 24.3 Å². The van der Waals surface area contributed by atoms with Gasteiger partial charge in [0.2, 0.25) is 0 Å². The predicted molar refractivity (Wildman–Crippen MR) is 110 cm³/mol. The minimum atomic E-state index is -0.363. The average molecular weight is 392 g/mol. The molecule has 6 nitrogen and oxygen atoms in total. The van der Waals surface area contributed by atoms with E-state index in [0.717, 1.165) is 16.0 Å². The lowest BCUT2D eigenvalue weighted by molar-refractivity contribution is 0.625. The highest BCUT2D eigenvalue weighted by molar-refractivity contribution is 7.99. The summed E-state index contributed by atoms with van der Waals surface area (Å²) in [6.45, 7) is 0.354. The molecule has 0 saturated carbocycles. The number of hydrogen-bond donors (Lipinski definition) is 2. The summed E-state index contributed by atoms with van der Waals surface area (Å²) in [6, 6.07) is 14.4. The van der Waals surface area contributed by atoms with Gasteiger partial charge in [0.05, 0.1) is 12.3 Å². The molecule has 1 atom stereocenters. The van der Waals surface area contributed by atoms with E-state index in [1.807, 2.05) is 30.3 Å². The Bertz CT molecular complexity index is 1080. The number of aromatic nitrogens is 2. The van der Waals surface area contributed by atoms with Crippen molar-refractivity contribution in [2.75, 3.05) is 12.3 Å². The summed E-state index contributed by atoms with van der Waals surface area (Å²) in [6.07, 6.45) is 2.78. The second kappa shape index (κ2) is 7.87. The first-order chi connectivity index (χ1) is 13.6. The van der Waals surface area contributed by atoms with E-state index in [4.69, 9.17) is 11.5 Å². The van der Waals surface area contributed by atoms with E-state index in [2.05, 4.69) is 20.0 Å². The molecule has 28 heavy (non-hydrogen) atoms. The van der Waals surface area contributed by atoms with E-state index >= 15 is 0 Å². The van der Waals surface area contributed by atoms with E-state index in [-0.39, 0.29) is 12.0 Å². The third-order valence-electron chi connectivity index (χ3n) is 4.14. The van der Waals surface area contributed by atoms with Crippen LogP contribution in [0, 0.1) is 5.82 Å². The van der Waals surface area contributed by atoms with E-state index in [1.54, 1.807) is 18.3 Å². The van der Waals surface area contributed by atoms with Gasteiger partial charge < -0.3 is 11.5 Å². The first-order valence-electron chi connectivity index (χ1n) is 8.59. The van der Waals surface area contributed by atoms with Crippen LogP contribution >= 0.6 is 11.8 Å². The second-order valence-electron chi connectivity index (χ2n) is 6.13. The van der Waals surface area contributed by atoms with Crippen LogP contribution in [0.1, 0.15) is 5.56 Å². The van der Waals surface area contributed by atoms with Crippen molar-refractivity contribution in [1.29, 1.82) is 0 Å². The normalized spacial score (nSPS) is 16.1. The van der Waals surface area contributed by atoms with Crippen molar-refractivity contribution in [2.45, 2.75) is 16.2 Å². The lowest BCUT2D eigenvalue weighted by atomic mass is 10.0. The van der Waals surface area contributed by atoms with Crippen molar-refractivity contribution in [1.82, 2.24) is 9.97 Å². The summed E-state index contributed by atoms with van der Waals surface area (Å²) < 4.78 is 14.8. The number of nitrogen functional groups attached to an aromatic ring is 1. The summed E-state index contributed by atoms with van der Waals surface area (Å²) in [5, 5.41) is 0.536. The maximum Gasteiger partial charge on any atom is 0.194 e. The Kier molecular flexibility index (Phi) is 5.14. The number of aliphatic imine (C=N–C) groups is 2. The Labute approximate surface area is 165 Å². The second-order valence-corrected chi connectivity index (χ2v) is 7.14. The molecule has 3 aromatic rings. The fourth-order valence-corrected chi connectivity index (χ4v) is 3.69. The highest BCUT2D eigenvalue weighted by atomic mass is 32.2. The molecule has 0 bridgehead atoms. The first kappa shape index (κ1) is 18.3. The molecule has 8 heteroatoms. The van der Waals surface area contributed by atoms with Gasteiger partial charge in [-0.2, -0.15) is 0 Å². The van der Waals surface area contributed by atoms with Gasteiger partial charge in [0, 0.05) is 22.9 Å². The third-order valence-corrected chi connectivity index (χ3v) is 5.09. The van der Waals surface area contributed by atoms with Gasteiger partial charge in [-0.15, -0.1) is 0 Å². The highest BCUT2D eigenvalue weighted by Crippen LogP contribution is 2.35. The van der Waals surface area contributed by atoms with Crippen molar-refractivity contribution in [3.63, 3.8) is 0 Å². The highest BCUT2D eigenvalue weighted by Gasteiger charge is 2.15. The van der Waals surface area contributed by atoms with E-state index in [9.17, 15) is 4.39 Å². The lowest BCUT2D eigenvalue weighted by Gasteiger charge is -2.13. The van der Waals surface area contributed by atoms with Crippen LogP contribution in [0.25, 0.3) is 11.1 Å². The molecule has 1 aliphatic heterocycles. The molecule has 140 valence electrons. The number of hydrogen-bond acceptors (Lipinski definition) is 7. The molecule has 1 aromatic heterocycles. The van der Waals surface area contributed by atoms with Gasteiger partial charge in [-0.25, -0.2) is 14.4 Å². The summed E-state index contributed by atoms with van der Waals surface area (Å²) in [4.78, 5) is 17.7. The average Bonchev–Trinajstić information content (AvgIpc) is 2.69. The molecule has 0 aliphatic carbocycles. The molecule has 1 aliphatic rings. The maximum atomic E-state index is 14.8. The summed E-state index contributed by atoms with van der Waals surface area (Å²) in [5.41, 5.74) is 14.0. The number of nitrogens with two attached hydrogens (primary N) is 2. The van der Waals surface area contributed by atoms with E-state index < -0.39 is 0 Å². The third kappa shape index (κ3) is 3.92. The molecular formula is C20H17FN6S. The Morgan fingerprint density at radius 2 is 1.93 bits per heavy atom. The van der Waals surface area contributed by atoms with Gasteiger partial charge in [-0.3, -0.25) is 9.98 Å². The van der Waals surface area contributed by atoms with Gasteiger partial charge in [-0.05, 0) is 47.2 Å². The molecule has 0 saturated heterocycles. The smallest absolute Gasteiger partial charge is 0.194 e. The Hall–Kier alpha value is -3.10. The number of benzene rings is 2. The summed E-state index contributed by atoms with van der Waals surface area (Å²) >= 11 is 1.38. The summed E-state index contributed by atoms with van der Waals surface area (Å²) in [5.74, 6) is 0.0400. The number of halogens is 1. The predicted octanol–water partition coefficient (Wildman–Crippen LogP) is 3.17. The standard InChI is InChI=1S/C20H17FN6S/c21-15-9-12(5-6-14(15)16-10-26-19(23)11-25-16)13-3-1-2-4-17(13)28-20-24-8-7-18(22)27-20/h1-10,19H,11,23H2,(H2,22,24,27). The molecule has 0 spiro atoms. The van der Waals surface area contributed by atoms with E-state index in [1.165, 1.54) is 24.0 Å². The van der Waals surface area contributed by atoms with E-state index in [0.29, 0.717) is 28.8 Å². The Balaban J connectivity index is 1.67. The quantitative estimate of drug-likeness (QED) is 0.664.